The molecular weight excluding hydrogens is 308 g/mol. The van der Waals surface area contributed by atoms with Crippen molar-refractivity contribution in [1.29, 1.82) is 0 Å². The molecule has 0 spiro atoms. The molecule has 0 aliphatic heterocycles. The fraction of sp³-hybridized carbons (Fsp3) is 0.565. The second-order valence-corrected chi connectivity index (χ2v) is 7.40. The number of rotatable bonds is 8. The van der Waals surface area contributed by atoms with Gasteiger partial charge in [0.2, 0.25) is 0 Å². The molecule has 0 heterocycles. The van der Waals surface area contributed by atoms with Crippen LogP contribution < -0.4 is 9.47 Å². The summed E-state index contributed by atoms with van der Waals surface area (Å²) < 4.78 is 11.6. The highest BCUT2D eigenvalue weighted by Gasteiger charge is 2.30. The van der Waals surface area contributed by atoms with Crippen LogP contribution in [0.1, 0.15) is 69.9 Å². The third kappa shape index (κ3) is 4.68. The van der Waals surface area contributed by atoms with Crippen molar-refractivity contribution in [3.63, 3.8) is 0 Å². The number of hydrogen-bond donors (Lipinski definition) is 0. The van der Waals surface area contributed by atoms with Crippen molar-refractivity contribution in [2.75, 3.05) is 14.2 Å². The maximum Gasteiger partial charge on any atom is 0.126 e. The zero-order valence-corrected chi connectivity index (χ0v) is 16.7. The molecule has 1 unspecified atom stereocenters. The number of methoxy groups -OCH3 is 2. The van der Waals surface area contributed by atoms with Crippen molar-refractivity contribution in [2.45, 2.75) is 65.2 Å². The summed E-state index contributed by atoms with van der Waals surface area (Å²) in [7, 11) is 3.53. The number of benzene rings is 1. The molecule has 0 saturated carbocycles. The summed E-state index contributed by atoms with van der Waals surface area (Å²) in [6.45, 7) is 10.8. The summed E-state index contributed by atoms with van der Waals surface area (Å²) in [6.07, 6.45) is 9.46. The first-order valence-corrected chi connectivity index (χ1v) is 9.59. The fourth-order valence-corrected chi connectivity index (χ4v) is 3.95. The van der Waals surface area contributed by atoms with Gasteiger partial charge in [-0.2, -0.15) is 0 Å². The second kappa shape index (κ2) is 9.12. The molecule has 0 fully saturated rings. The average molecular weight is 343 g/mol. The van der Waals surface area contributed by atoms with Crippen molar-refractivity contribution in [3.8, 4) is 11.5 Å². The van der Waals surface area contributed by atoms with Gasteiger partial charge in [-0.3, -0.25) is 0 Å². The Balaban J connectivity index is 2.47. The molecule has 0 saturated heterocycles. The molecule has 0 bridgehead atoms. The van der Waals surface area contributed by atoms with Crippen LogP contribution in [0.2, 0.25) is 0 Å². The van der Waals surface area contributed by atoms with Crippen LogP contribution in [-0.2, 0) is 6.42 Å². The molecule has 1 aliphatic carbocycles. The first-order chi connectivity index (χ1) is 12.0. The molecule has 0 amide bonds. The van der Waals surface area contributed by atoms with Gasteiger partial charge in [-0.15, -0.1) is 0 Å². The van der Waals surface area contributed by atoms with E-state index < -0.39 is 0 Å². The van der Waals surface area contributed by atoms with Crippen LogP contribution in [0.15, 0.2) is 35.9 Å². The minimum absolute atomic E-state index is 0.279. The first-order valence-electron chi connectivity index (χ1n) is 9.59. The van der Waals surface area contributed by atoms with E-state index in [-0.39, 0.29) is 5.92 Å². The van der Waals surface area contributed by atoms with Crippen LogP contribution in [-0.4, -0.2) is 14.2 Å². The lowest BCUT2D eigenvalue weighted by molar-refractivity contribution is 0.368. The standard InChI is InChI=1S/C23H34O2/c1-7-8-9-10-18-14-21(24-5)23(22(15-18)25-6)20-13-17(4)11-12-19(20)16(2)3/h13-15,19-20H,2,7-12H2,1,3-6H3/t19?,20-/m1/s1. The molecule has 2 heteroatoms. The van der Waals surface area contributed by atoms with Crippen LogP contribution in [0.3, 0.4) is 0 Å². The van der Waals surface area contributed by atoms with Gasteiger partial charge in [0.25, 0.3) is 0 Å². The van der Waals surface area contributed by atoms with Crippen molar-refractivity contribution in [1.82, 2.24) is 0 Å². The normalized spacial score (nSPS) is 20.1. The Morgan fingerprint density at radius 2 is 1.80 bits per heavy atom. The van der Waals surface area contributed by atoms with Crippen LogP contribution in [0.25, 0.3) is 0 Å². The number of unbranched alkanes of at least 4 members (excludes halogenated alkanes) is 2. The minimum atomic E-state index is 0.279. The molecule has 25 heavy (non-hydrogen) atoms. The molecule has 0 radical (unpaired) electrons. The summed E-state index contributed by atoms with van der Waals surface area (Å²) in [5, 5.41) is 0. The van der Waals surface area contributed by atoms with Crippen molar-refractivity contribution in [2.24, 2.45) is 5.92 Å². The highest BCUT2D eigenvalue weighted by atomic mass is 16.5. The summed E-state index contributed by atoms with van der Waals surface area (Å²) in [5.74, 6) is 2.62. The van der Waals surface area contributed by atoms with E-state index >= 15 is 0 Å². The predicted molar refractivity (Wildman–Crippen MR) is 107 cm³/mol. The largest absolute Gasteiger partial charge is 0.496 e. The Hall–Kier alpha value is -1.70. The van der Waals surface area contributed by atoms with Gasteiger partial charge in [0, 0.05) is 11.5 Å². The number of allylic oxidation sites excluding steroid dienone is 3. The fourth-order valence-electron chi connectivity index (χ4n) is 3.95. The van der Waals surface area contributed by atoms with E-state index in [1.807, 2.05) is 0 Å². The van der Waals surface area contributed by atoms with Gasteiger partial charge in [-0.25, -0.2) is 0 Å². The molecule has 1 aliphatic rings. The molecule has 2 nitrogen and oxygen atoms in total. The van der Waals surface area contributed by atoms with Crippen LogP contribution in [0.5, 0.6) is 11.5 Å². The van der Waals surface area contributed by atoms with Gasteiger partial charge in [0.05, 0.1) is 14.2 Å². The third-order valence-corrected chi connectivity index (χ3v) is 5.39. The van der Waals surface area contributed by atoms with E-state index in [0.29, 0.717) is 5.92 Å². The van der Waals surface area contributed by atoms with Crippen LogP contribution >= 0.6 is 0 Å². The third-order valence-electron chi connectivity index (χ3n) is 5.39. The molecule has 2 rings (SSSR count). The highest BCUT2D eigenvalue weighted by molar-refractivity contribution is 5.53. The van der Waals surface area contributed by atoms with Gasteiger partial charge in [-0.05, 0) is 63.1 Å². The summed E-state index contributed by atoms with van der Waals surface area (Å²) in [5.41, 5.74) is 5.16. The summed E-state index contributed by atoms with van der Waals surface area (Å²) in [4.78, 5) is 0. The molecule has 138 valence electrons. The first kappa shape index (κ1) is 19.6. The van der Waals surface area contributed by atoms with Gasteiger partial charge < -0.3 is 9.47 Å². The molecular formula is C23H34O2. The maximum absolute atomic E-state index is 5.81. The SMILES string of the molecule is C=C(C)C1CCC(C)=C[C@H]1c1c(OC)cc(CCCCC)cc1OC. The van der Waals surface area contributed by atoms with E-state index in [2.05, 4.69) is 45.6 Å². The summed E-state index contributed by atoms with van der Waals surface area (Å²) in [6, 6.07) is 4.42. The van der Waals surface area contributed by atoms with Crippen molar-refractivity contribution < 1.29 is 9.47 Å². The lowest BCUT2D eigenvalue weighted by Gasteiger charge is -2.32. The molecule has 1 aromatic rings. The average Bonchev–Trinajstić information content (AvgIpc) is 2.60. The van der Waals surface area contributed by atoms with Crippen molar-refractivity contribution in [3.05, 3.63) is 47.1 Å². The highest BCUT2D eigenvalue weighted by Crippen LogP contribution is 2.47. The quantitative estimate of drug-likeness (QED) is 0.399. The molecule has 0 N–H and O–H groups in total. The number of ether oxygens (including phenoxy) is 2. The Labute approximate surface area is 153 Å². The zero-order valence-electron chi connectivity index (χ0n) is 16.7. The molecule has 2 atom stereocenters. The minimum Gasteiger partial charge on any atom is -0.496 e. The zero-order chi connectivity index (χ0) is 18.4. The van der Waals surface area contributed by atoms with Crippen LogP contribution in [0.4, 0.5) is 0 Å². The van der Waals surface area contributed by atoms with Gasteiger partial charge >= 0.3 is 0 Å². The van der Waals surface area contributed by atoms with E-state index in [1.54, 1.807) is 14.2 Å². The predicted octanol–water partition coefficient (Wildman–Crippen LogP) is 6.45. The Bertz CT molecular complexity index is 602. The van der Waals surface area contributed by atoms with Crippen LogP contribution in [0, 0.1) is 5.92 Å². The summed E-state index contributed by atoms with van der Waals surface area (Å²) >= 11 is 0. The Morgan fingerprint density at radius 3 is 2.32 bits per heavy atom. The van der Waals surface area contributed by atoms with Gasteiger partial charge in [0.1, 0.15) is 11.5 Å². The lowest BCUT2D eigenvalue weighted by atomic mass is 9.73. The topological polar surface area (TPSA) is 18.5 Å². The Morgan fingerprint density at radius 1 is 1.16 bits per heavy atom. The number of aryl methyl sites for hydroxylation is 1. The smallest absolute Gasteiger partial charge is 0.126 e. The lowest BCUT2D eigenvalue weighted by Crippen LogP contribution is -2.18. The van der Waals surface area contributed by atoms with E-state index in [9.17, 15) is 0 Å². The van der Waals surface area contributed by atoms with Crippen molar-refractivity contribution >= 4 is 0 Å². The number of hydrogen-bond acceptors (Lipinski definition) is 2. The molecule has 1 aromatic carbocycles. The van der Waals surface area contributed by atoms with E-state index in [1.165, 1.54) is 41.5 Å². The maximum atomic E-state index is 5.81. The molecule has 0 aromatic heterocycles. The monoisotopic (exact) mass is 342 g/mol. The van der Waals surface area contributed by atoms with E-state index in [0.717, 1.165) is 30.8 Å². The van der Waals surface area contributed by atoms with E-state index in [4.69, 9.17) is 9.47 Å². The van der Waals surface area contributed by atoms with Gasteiger partial charge in [-0.1, -0.05) is 43.6 Å². The Kier molecular flexibility index (Phi) is 7.16. The second-order valence-electron chi connectivity index (χ2n) is 7.40. The van der Waals surface area contributed by atoms with Gasteiger partial charge in [0.15, 0.2) is 0 Å².